The fourth-order valence-corrected chi connectivity index (χ4v) is 1.75. The highest BCUT2D eigenvalue weighted by Gasteiger charge is 2.07. The van der Waals surface area contributed by atoms with Gasteiger partial charge in [0.25, 0.3) is 0 Å². The molecule has 17 heavy (non-hydrogen) atoms. The van der Waals surface area contributed by atoms with Gasteiger partial charge < -0.3 is 9.72 Å². The molecule has 0 aliphatic heterocycles. The van der Waals surface area contributed by atoms with E-state index in [0.29, 0.717) is 23.0 Å². The molecule has 0 radical (unpaired) electrons. The maximum atomic E-state index is 8.58. The Morgan fingerprint density at radius 2 is 2.35 bits per heavy atom. The Balaban J connectivity index is 2.33. The summed E-state index contributed by atoms with van der Waals surface area (Å²) in [4.78, 5) is 7.26. The molecule has 1 aromatic carbocycles. The lowest BCUT2D eigenvalue weighted by atomic mass is 10.2. The first-order valence-electron chi connectivity index (χ1n) is 4.99. The first-order valence-corrected chi connectivity index (χ1v) is 5.37. The molecule has 0 amide bonds. The molecule has 5 heteroatoms. The predicted octanol–water partition coefficient (Wildman–Crippen LogP) is 2.80. The van der Waals surface area contributed by atoms with E-state index in [1.165, 1.54) is 0 Å². The van der Waals surface area contributed by atoms with Gasteiger partial charge in [0, 0.05) is 17.5 Å². The number of aromatic nitrogens is 2. The van der Waals surface area contributed by atoms with Crippen LogP contribution in [0.15, 0.2) is 24.4 Å². The molecule has 86 valence electrons. The third-order valence-corrected chi connectivity index (χ3v) is 2.62. The number of aromatic amines is 1. The molecule has 0 saturated heterocycles. The molecule has 0 aliphatic rings. The van der Waals surface area contributed by atoms with E-state index in [9.17, 15) is 0 Å². The van der Waals surface area contributed by atoms with Crippen LogP contribution in [0.5, 0.6) is 5.75 Å². The fraction of sp³-hybridized carbons (Fsp3) is 0.167. The number of hydrogen-bond acceptors (Lipinski definition) is 3. The number of nitrogens with one attached hydrogen (secondary N) is 1. The molecule has 1 N–H and O–H groups in total. The first kappa shape index (κ1) is 11.5. The van der Waals surface area contributed by atoms with E-state index in [4.69, 9.17) is 21.6 Å². The van der Waals surface area contributed by atoms with Crippen LogP contribution in [-0.4, -0.2) is 17.1 Å². The van der Waals surface area contributed by atoms with Gasteiger partial charge in [-0.1, -0.05) is 11.6 Å². The van der Waals surface area contributed by atoms with Crippen molar-refractivity contribution in [3.8, 4) is 23.2 Å². The van der Waals surface area contributed by atoms with Crippen molar-refractivity contribution in [2.24, 2.45) is 0 Å². The number of benzene rings is 1. The zero-order valence-corrected chi connectivity index (χ0v) is 9.95. The zero-order valence-electron chi connectivity index (χ0n) is 9.20. The summed E-state index contributed by atoms with van der Waals surface area (Å²) in [7, 11) is 1.57. The molecule has 1 heterocycles. The Hall–Kier alpha value is -1.99. The molecule has 0 spiro atoms. The third kappa shape index (κ3) is 2.40. The molecule has 4 nitrogen and oxygen atoms in total. The van der Waals surface area contributed by atoms with Crippen molar-refractivity contribution in [3.05, 3.63) is 35.1 Å². The van der Waals surface area contributed by atoms with Crippen LogP contribution in [0.4, 0.5) is 0 Å². The SMILES string of the molecule is COc1ccc(-c2ncc(CC#N)[nH]2)cc1Cl. The lowest BCUT2D eigenvalue weighted by Gasteiger charge is -2.04. The Morgan fingerprint density at radius 1 is 1.53 bits per heavy atom. The van der Waals surface area contributed by atoms with Crippen LogP contribution in [0.3, 0.4) is 0 Å². The molecule has 2 rings (SSSR count). The largest absolute Gasteiger partial charge is 0.495 e. The van der Waals surface area contributed by atoms with Gasteiger partial charge in [-0.15, -0.1) is 0 Å². The average Bonchev–Trinajstić information content (AvgIpc) is 2.78. The molecule has 0 fully saturated rings. The second-order valence-electron chi connectivity index (χ2n) is 3.44. The van der Waals surface area contributed by atoms with E-state index in [1.807, 2.05) is 6.07 Å². The van der Waals surface area contributed by atoms with Gasteiger partial charge in [0.15, 0.2) is 0 Å². The predicted molar refractivity (Wildman–Crippen MR) is 64.9 cm³/mol. The van der Waals surface area contributed by atoms with Gasteiger partial charge in [-0.2, -0.15) is 5.26 Å². The lowest BCUT2D eigenvalue weighted by Crippen LogP contribution is -1.86. The Kier molecular flexibility index (Phi) is 3.31. The maximum Gasteiger partial charge on any atom is 0.137 e. The van der Waals surface area contributed by atoms with Gasteiger partial charge in [0.05, 0.1) is 24.6 Å². The molecular formula is C12H10ClN3O. The van der Waals surface area contributed by atoms with E-state index in [1.54, 1.807) is 25.4 Å². The van der Waals surface area contributed by atoms with Crippen molar-refractivity contribution in [2.45, 2.75) is 6.42 Å². The van der Waals surface area contributed by atoms with Crippen LogP contribution in [0.1, 0.15) is 5.69 Å². The summed E-state index contributed by atoms with van der Waals surface area (Å²) in [5.74, 6) is 1.32. The number of halogens is 1. The van der Waals surface area contributed by atoms with Crippen molar-refractivity contribution in [1.82, 2.24) is 9.97 Å². The molecular weight excluding hydrogens is 238 g/mol. The number of nitriles is 1. The molecule has 2 aromatic rings. The smallest absolute Gasteiger partial charge is 0.137 e. The number of methoxy groups -OCH3 is 1. The summed E-state index contributed by atoms with van der Waals surface area (Å²) in [6.45, 7) is 0. The number of hydrogen-bond donors (Lipinski definition) is 1. The summed E-state index contributed by atoms with van der Waals surface area (Å²) in [5, 5.41) is 9.11. The van der Waals surface area contributed by atoms with Crippen LogP contribution in [0.25, 0.3) is 11.4 Å². The maximum absolute atomic E-state index is 8.58. The van der Waals surface area contributed by atoms with E-state index in [0.717, 1.165) is 11.3 Å². The van der Waals surface area contributed by atoms with Crippen molar-refractivity contribution in [1.29, 1.82) is 5.26 Å². The second kappa shape index (κ2) is 4.89. The van der Waals surface area contributed by atoms with E-state index in [-0.39, 0.29) is 0 Å². The van der Waals surface area contributed by atoms with Crippen LogP contribution < -0.4 is 4.74 Å². The number of rotatable bonds is 3. The van der Waals surface area contributed by atoms with Gasteiger partial charge in [-0.3, -0.25) is 0 Å². The van der Waals surface area contributed by atoms with Gasteiger partial charge >= 0.3 is 0 Å². The van der Waals surface area contributed by atoms with E-state index in [2.05, 4.69) is 16.0 Å². The molecule has 0 aliphatic carbocycles. The van der Waals surface area contributed by atoms with Crippen LogP contribution >= 0.6 is 11.6 Å². The quantitative estimate of drug-likeness (QED) is 0.907. The normalized spacial score (nSPS) is 9.94. The summed E-state index contributed by atoms with van der Waals surface area (Å²) in [6.07, 6.45) is 1.97. The molecule has 0 saturated carbocycles. The highest BCUT2D eigenvalue weighted by Crippen LogP contribution is 2.28. The second-order valence-corrected chi connectivity index (χ2v) is 3.85. The monoisotopic (exact) mass is 247 g/mol. The average molecular weight is 248 g/mol. The highest BCUT2D eigenvalue weighted by atomic mass is 35.5. The van der Waals surface area contributed by atoms with Crippen molar-refractivity contribution >= 4 is 11.6 Å². The third-order valence-electron chi connectivity index (χ3n) is 2.32. The Labute approximate surface area is 104 Å². The van der Waals surface area contributed by atoms with Crippen molar-refractivity contribution in [3.63, 3.8) is 0 Å². The minimum atomic E-state index is 0.316. The number of nitrogens with zero attached hydrogens (tertiary/aromatic N) is 2. The fourth-order valence-electron chi connectivity index (χ4n) is 1.49. The van der Waals surface area contributed by atoms with Gasteiger partial charge in [-0.05, 0) is 18.2 Å². The van der Waals surface area contributed by atoms with Crippen molar-refractivity contribution < 1.29 is 4.74 Å². The first-order chi connectivity index (χ1) is 8.24. The summed E-state index contributed by atoms with van der Waals surface area (Å²) < 4.78 is 5.07. The van der Waals surface area contributed by atoms with Gasteiger partial charge in [0.1, 0.15) is 11.6 Å². The number of ether oxygens (including phenoxy) is 1. The Bertz CT molecular complexity index is 571. The Morgan fingerprint density at radius 3 is 3.00 bits per heavy atom. The molecule has 0 bridgehead atoms. The van der Waals surface area contributed by atoms with Gasteiger partial charge in [0.2, 0.25) is 0 Å². The highest BCUT2D eigenvalue weighted by molar-refractivity contribution is 6.32. The molecule has 0 atom stereocenters. The topological polar surface area (TPSA) is 61.7 Å². The van der Waals surface area contributed by atoms with E-state index >= 15 is 0 Å². The standard InChI is InChI=1S/C12H10ClN3O/c1-17-11-3-2-8(6-10(11)13)12-15-7-9(16-12)4-5-14/h2-3,6-7H,4H2,1H3,(H,15,16). The number of imidazole rings is 1. The van der Waals surface area contributed by atoms with Gasteiger partial charge in [-0.25, -0.2) is 4.98 Å². The summed E-state index contributed by atoms with van der Waals surface area (Å²) in [6, 6.07) is 7.48. The summed E-state index contributed by atoms with van der Waals surface area (Å²) >= 11 is 6.03. The van der Waals surface area contributed by atoms with Crippen LogP contribution in [0, 0.1) is 11.3 Å². The van der Waals surface area contributed by atoms with Crippen LogP contribution in [0.2, 0.25) is 5.02 Å². The number of H-pyrrole nitrogens is 1. The summed E-state index contributed by atoms with van der Waals surface area (Å²) in [5.41, 5.74) is 1.65. The molecule has 0 unspecified atom stereocenters. The van der Waals surface area contributed by atoms with Crippen LogP contribution in [-0.2, 0) is 6.42 Å². The lowest BCUT2D eigenvalue weighted by molar-refractivity contribution is 0.415. The zero-order chi connectivity index (χ0) is 12.3. The van der Waals surface area contributed by atoms with Crippen molar-refractivity contribution in [2.75, 3.05) is 7.11 Å². The minimum absolute atomic E-state index is 0.316. The van der Waals surface area contributed by atoms with E-state index < -0.39 is 0 Å². The minimum Gasteiger partial charge on any atom is -0.495 e. The molecule has 1 aromatic heterocycles.